The molecule has 0 saturated carbocycles. The third-order valence-corrected chi connectivity index (χ3v) is 5.15. The topological polar surface area (TPSA) is 109 Å². The Morgan fingerprint density at radius 3 is 2.83 bits per heavy atom. The summed E-state index contributed by atoms with van der Waals surface area (Å²) in [4.78, 5) is 40.6. The van der Waals surface area contributed by atoms with Gasteiger partial charge in [0.2, 0.25) is 11.8 Å². The van der Waals surface area contributed by atoms with E-state index in [2.05, 4.69) is 10.3 Å². The van der Waals surface area contributed by atoms with Crippen molar-refractivity contribution in [3.63, 3.8) is 0 Å². The maximum Gasteiger partial charge on any atom is 0.303 e. The Morgan fingerprint density at radius 2 is 2.10 bits per heavy atom. The van der Waals surface area contributed by atoms with E-state index >= 15 is 0 Å². The molecule has 2 amide bonds. The summed E-state index contributed by atoms with van der Waals surface area (Å²) in [7, 11) is 0. The fraction of sp³-hybridized carbons (Fsp3) is 0.333. The third-order valence-electron chi connectivity index (χ3n) is 5.15. The summed E-state index contributed by atoms with van der Waals surface area (Å²) in [5.74, 6) is -0.240. The van der Waals surface area contributed by atoms with Crippen LogP contribution >= 0.6 is 0 Å². The van der Waals surface area contributed by atoms with E-state index in [0.29, 0.717) is 18.0 Å². The van der Waals surface area contributed by atoms with Gasteiger partial charge in [-0.2, -0.15) is 0 Å². The number of aromatic nitrogens is 1. The molecule has 150 valence electrons. The summed E-state index contributed by atoms with van der Waals surface area (Å²) in [5.41, 5.74) is 3.49. The van der Waals surface area contributed by atoms with Crippen molar-refractivity contribution in [3.8, 4) is 16.9 Å². The number of anilines is 2. The van der Waals surface area contributed by atoms with Gasteiger partial charge in [-0.05, 0) is 31.5 Å². The number of aliphatic carboxylic acids is 1. The summed E-state index contributed by atoms with van der Waals surface area (Å²) in [5, 5.41) is 11.3. The standard InChI is InChI=1S/C21H21N3O5/c1-12-15-10-18(23-19(25)6-7-21(27)28)22-11-16(15)14-5-4-13(9-17(14)29-12)24-8-2-3-20(24)26/h4-5,9-12H,2-3,6-8H2,1H3,(H,27,28)(H,22,23,25). The van der Waals surface area contributed by atoms with Crippen LogP contribution in [0.25, 0.3) is 11.1 Å². The second kappa shape index (κ2) is 7.54. The largest absolute Gasteiger partial charge is 0.485 e. The van der Waals surface area contributed by atoms with Crippen molar-refractivity contribution < 1.29 is 24.2 Å². The van der Waals surface area contributed by atoms with Crippen LogP contribution in [-0.4, -0.2) is 34.4 Å². The number of nitrogens with one attached hydrogen (secondary N) is 1. The van der Waals surface area contributed by atoms with Crippen molar-refractivity contribution in [1.82, 2.24) is 4.98 Å². The lowest BCUT2D eigenvalue weighted by molar-refractivity contribution is -0.138. The summed E-state index contributed by atoms with van der Waals surface area (Å²) in [6, 6.07) is 7.47. The molecular weight excluding hydrogens is 374 g/mol. The van der Waals surface area contributed by atoms with E-state index in [1.165, 1.54) is 0 Å². The molecule has 4 rings (SSSR count). The van der Waals surface area contributed by atoms with Crippen LogP contribution in [0.5, 0.6) is 5.75 Å². The van der Waals surface area contributed by atoms with E-state index in [4.69, 9.17) is 9.84 Å². The Morgan fingerprint density at radius 1 is 1.28 bits per heavy atom. The van der Waals surface area contributed by atoms with Gasteiger partial charge in [-0.3, -0.25) is 14.4 Å². The van der Waals surface area contributed by atoms with Gasteiger partial charge in [-0.1, -0.05) is 0 Å². The summed E-state index contributed by atoms with van der Waals surface area (Å²) in [6.45, 7) is 2.63. The fourth-order valence-corrected chi connectivity index (χ4v) is 3.70. The average Bonchev–Trinajstić information content (AvgIpc) is 3.12. The van der Waals surface area contributed by atoms with E-state index in [1.54, 1.807) is 17.2 Å². The van der Waals surface area contributed by atoms with Gasteiger partial charge in [-0.15, -0.1) is 0 Å². The predicted octanol–water partition coefficient (Wildman–Crippen LogP) is 3.13. The minimum Gasteiger partial charge on any atom is -0.485 e. The van der Waals surface area contributed by atoms with E-state index in [9.17, 15) is 14.4 Å². The van der Waals surface area contributed by atoms with Crippen molar-refractivity contribution in [2.75, 3.05) is 16.8 Å². The molecule has 8 heteroatoms. The molecule has 1 unspecified atom stereocenters. The first-order chi connectivity index (χ1) is 13.9. The van der Waals surface area contributed by atoms with Gasteiger partial charge < -0.3 is 20.1 Å². The number of carbonyl (C=O) groups excluding carboxylic acids is 2. The monoisotopic (exact) mass is 395 g/mol. The zero-order valence-corrected chi connectivity index (χ0v) is 16.0. The Kier molecular flexibility index (Phi) is 4.92. The van der Waals surface area contributed by atoms with Gasteiger partial charge in [0.25, 0.3) is 0 Å². The van der Waals surface area contributed by atoms with Crippen LogP contribution in [0.2, 0.25) is 0 Å². The number of pyridine rings is 1. The molecule has 29 heavy (non-hydrogen) atoms. The van der Waals surface area contributed by atoms with Crippen molar-refractivity contribution >= 4 is 29.3 Å². The maximum atomic E-state index is 12.0. The second-order valence-electron chi connectivity index (χ2n) is 7.19. The lowest BCUT2D eigenvalue weighted by atomic mass is 9.94. The number of carboxylic acid groups (broad SMARTS) is 1. The second-order valence-corrected chi connectivity index (χ2v) is 7.19. The molecule has 1 saturated heterocycles. The van der Waals surface area contributed by atoms with Crippen molar-refractivity contribution in [2.45, 2.75) is 38.7 Å². The summed E-state index contributed by atoms with van der Waals surface area (Å²) >= 11 is 0. The average molecular weight is 395 g/mol. The molecule has 1 aromatic heterocycles. The number of ether oxygens (including phenoxy) is 1. The molecule has 0 radical (unpaired) electrons. The molecule has 8 nitrogen and oxygen atoms in total. The molecule has 1 atom stereocenters. The first kappa shape index (κ1) is 18.9. The third kappa shape index (κ3) is 3.78. The molecule has 1 aromatic carbocycles. The molecule has 2 N–H and O–H groups in total. The smallest absolute Gasteiger partial charge is 0.303 e. The Labute approximate surface area is 167 Å². The molecule has 0 spiro atoms. The fourth-order valence-electron chi connectivity index (χ4n) is 3.70. The Hall–Kier alpha value is -3.42. The number of hydrogen-bond acceptors (Lipinski definition) is 5. The van der Waals surface area contributed by atoms with Gasteiger partial charge in [0.15, 0.2) is 0 Å². The molecule has 3 heterocycles. The Bertz CT molecular complexity index is 1000. The van der Waals surface area contributed by atoms with Crippen molar-refractivity contribution in [3.05, 3.63) is 36.0 Å². The van der Waals surface area contributed by atoms with Crippen molar-refractivity contribution in [2.24, 2.45) is 0 Å². The normalized spacial score (nSPS) is 17.3. The Balaban J connectivity index is 1.59. The lowest BCUT2D eigenvalue weighted by Gasteiger charge is -2.28. The SMILES string of the molecule is CC1Oc2cc(N3CCCC3=O)ccc2-c2cnc(NC(=O)CCC(=O)O)cc21. The van der Waals surface area contributed by atoms with E-state index < -0.39 is 11.9 Å². The van der Waals surface area contributed by atoms with Gasteiger partial charge in [0, 0.05) is 54.0 Å². The molecule has 2 aliphatic rings. The first-order valence-electron chi connectivity index (χ1n) is 9.55. The highest BCUT2D eigenvalue weighted by Gasteiger charge is 2.27. The van der Waals surface area contributed by atoms with Crippen LogP contribution in [0, 0.1) is 0 Å². The first-order valence-corrected chi connectivity index (χ1v) is 9.55. The number of carboxylic acids is 1. The highest BCUT2D eigenvalue weighted by atomic mass is 16.5. The zero-order chi connectivity index (χ0) is 20.5. The summed E-state index contributed by atoms with van der Waals surface area (Å²) in [6.07, 6.45) is 2.51. The van der Waals surface area contributed by atoms with Crippen LogP contribution < -0.4 is 15.0 Å². The van der Waals surface area contributed by atoms with Gasteiger partial charge in [0.1, 0.15) is 17.7 Å². The van der Waals surface area contributed by atoms with Crippen LogP contribution in [0.1, 0.15) is 44.3 Å². The zero-order valence-electron chi connectivity index (χ0n) is 16.0. The quantitative estimate of drug-likeness (QED) is 0.805. The minimum absolute atomic E-state index is 0.110. The molecule has 0 aliphatic carbocycles. The van der Waals surface area contributed by atoms with E-state index in [1.807, 2.05) is 25.1 Å². The van der Waals surface area contributed by atoms with E-state index in [-0.39, 0.29) is 24.9 Å². The van der Waals surface area contributed by atoms with Crippen LogP contribution in [0.3, 0.4) is 0 Å². The lowest BCUT2D eigenvalue weighted by Crippen LogP contribution is -2.24. The van der Waals surface area contributed by atoms with Crippen LogP contribution in [-0.2, 0) is 14.4 Å². The number of benzene rings is 1. The molecular formula is C21H21N3O5. The minimum atomic E-state index is -1.02. The van der Waals surface area contributed by atoms with Crippen molar-refractivity contribution in [1.29, 1.82) is 0 Å². The molecule has 0 bridgehead atoms. The van der Waals surface area contributed by atoms with Gasteiger partial charge >= 0.3 is 5.97 Å². The number of amides is 2. The highest BCUT2D eigenvalue weighted by molar-refractivity contribution is 5.96. The number of rotatable bonds is 5. The molecule has 2 aromatic rings. The maximum absolute atomic E-state index is 12.0. The van der Waals surface area contributed by atoms with Crippen LogP contribution in [0.15, 0.2) is 30.5 Å². The van der Waals surface area contributed by atoms with Gasteiger partial charge in [0.05, 0.1) is 6.42 Å². The summed E-state index contributed by atoms with van der Waals surface area (Å²) < 4.78 is 6.08. The predicted molar refractivity (Wildman–Crippen MR) is 106 cm³/mol. The van der Waals surface area contributed by atoms with Gasteiger partial charge in [-0.25, -0.2) is 4.98 Å². The van der Waals surface area contributed by atoms with E-state index in [0.717, 1.165) is 35.3 Å². The number of carbonyl (C=O) groups is 3. The van der Waals surface area contributed by atoms with Crippen LogP contribution in [0.4, 0.5) is 11.5 Å². The number of hydrogen-bond donors (Lipinski definition) is 2. The molecule has 2 aliphatic heterocycles. The number of nitrogens with zero attached hydrogens (tertiary/aromatic N) is 2. The number of fused-ring (bicyclic) bond motifs is 3. The highest BCUT2D eigenvalue weighted by Crippen LogP contribution is 2.44. The molecule has 1 fully saturated rings.